The van der Waals surface area contributed by atoms with E-state index in [0.29, 0.717) is 76.2 Å². The third-order valence-corrected chi connectivity index (χ3v) is 14.5. The first-order valence-corrected chi connectivity index (χ1v) is 24.0. The number of esters is 1. The van der Waals surface area contributed by atoms with Crippen LogP contribution < -0.4 is 0 Å². The van der Waals surface area contributed by atoms with E-state index in [2.05, 4.69) is 6.92 Å². The van der Waals surface area contributed by atoms with Gasteiger partial charge in [0.05, 0.1) is 24.4 Å². The first-order chi connectivity index (χ1) is 30.3. The van der Waals surface area contributed by atoms with Gasteiger partial charge in [0.1, 0.15) is 24.4 Å². The average molecular weight is 900 g/mol. The predicted molar refractivity (Wildman–Crippen MR) is 245 cm³/mol. The molecule has 15 atom stereocenters. The molecule has 3 heterocycles. The Bertz CT molecular complexity index is 1670. The Morgan fingerprint density at radius 3 is 2.23 bits per heavy atom. The van der Waals surface area contributed by atoms with Gasteiger partial charge in [-0.2, -0.15) is 0 Å². The maximum atomic E-state index is 14.4. The number of nitrogens with zero attached hydrogens (tertiary/aromatic N) is 1. The van der Waals surface area contributed by atoms with E-state index in [0.717, 1.165) is 18.4 Å². The van der Waals surface area contributed by atoms with Crippen molar-refractivity contribution in [3.63, 3.8) is 0 Å². The zero-order valence-corrected chi connectivity index (χ0v) is 40.4. The van der Waals surface area contributed by atoms with E-state index in [-0.39, 0.29) is 48.0 Å². The first kappa shape index (κ1) is 53.6. The zero-order chi connectivity index (χ0) is 47.3. The minimum atomic E-state index is -2.38. The van der Waals surface area contributed by atoms with Crippen LogP contribution in [0.5, 0.6) is 0 Å². The minimum Gasteiger partial charge on any atom is -0.461 e. The quantitative estimate of drug-likeness (QED) is 0.142. The molecule has 3 aliphatic heterocycles. The zero-order valence-electron chi connectivity index (χ0n) is 40.4. The van der Waals surface area contributed by atoms with Gasteiger partial charge in [0.25, 0.3) is 11.7 Å². The van der Waals surface area contributed by atoms with E-state index in [1.807, 2.05) is 64.2 Å². The molecule has 0 aromatic rings. The predicted octanol–water partition coefficient (Wildman–Crippen LogP) is 7.00. The van der Waals surface area contributed by atoms with Crippen LogP contribution in [-0.4, -0.2) is 126 Å². The lowest BCUT2D eigenvalue weighted by atomic mass is 9.78. The molecule has 0 spiro atoms. The molecule has 13 heteroatoms. The molecule has 13 nitrogen and oxygen atoms in total. The Balaban J connectivity index is 1.67. The number of rotatable bonds is 6. The number of allylic oxidation sites excluding steroid dienone is 6. The number of aliphatic hydroxyl groups excluding tert-OH is 2. The molecule has 2 saturated heterocycles. The van der Waals surface area contributed by atoms with E-state index in [9.17, 15) is 34.5 Å². The maximum absolute atomic E-state index is 14.4. The van der Waals surface area contributed by atoms with Crippen molar-refractivity contribution < 1.29 is 58.2 Å². The maximum Gasteiger partial charge on any atom is 0.329 e. The van der Waals surface area contributed by atoms with Gasteiger partial charge in [-0.1, -0.05) is 71.1 Å². The fraction of sp³-hybridized carbons (Fsp3) is 0.765. The molecule has 3 N–H and O–H groups in total. The van der Waals surface area contributed by atoms with Crippen molar-refractivity contribution in [2.24, 2.45) is 35.5 Å². The third-order valence-electron chi connectivity index (χ3n) is 14.5. The van der Waals surface area contributed by atoms with Crippen LogP contribution in [-0.2, 0) is 42.9 Å². The number of ketones is 2. The van der Waals surface area contributed by atoms with Crippen molar-refractivity contribution in [1.82, 2.24) is 4.90 Å². The van der Waals surface area contributed by atoms with Crippen LogP contribution >= 0.6 is 0 Å². The van der Waals surface area contributed by atoms with E-state index >= 15 is 0 Å². The Labute approximate surface area is 383 Å². The van der Waals surface area contributed by atoms with Crippen molar-refractivity contribution in [3.05, 3.63) is 47.6 Å². The Kier molecular flexibility index (Phi) is 21.1. The van der Waals surface area contributed by atoms with Crippen LogP contribution in [0.15, 0.2) is 47.6 Å². The van der Waals surface area contributed by atoms with Crippen molar-refractivity contribution in [3.8, 4) is 0 Å². The number of cyclic esters (lactones) is 1. The number of ether oxygens (including phenoxy) is 5. The molecule has 3 fully saturated rings. The van der Waals surface area contributed by atoms with Crippen LogP contribution in [0, 0.1) is 35.5 Å². The number of aliphatic hydroxyl groups is 3. The molecule has 362 valence electrons. The van der Waals surface area contributed by atoms with Gasteiger partial charge in [-0.15, -0.1) is 0 Å². The summed E-state index contributed by atoms with van der Waals surface area (Å²) in [5.41, 5.74) is 1.51. The smallest absolute Gasteiger partial charge is 0.329 e. The highest BCUT2D eigenvalue weighted by Gasteiger charge is 2.53. The van der Waals surface area contributed by atoms with Crippen LogP contribution in [0.3, 0.4) is 0 Å². The Morgan fingerprint density at radius 1 is 0.812 bits per heavy atom. The summed E-state index contributed by atoms with van der Waals surface area (Å²) >= 11 is 0. The molecule has 1 saturated carbocycles. The molecule has 0 radical (unpaired) electrons. The second kappa shape index (κ2) is 25.2. The summed E-state index contributed by atoms with van der Waals surface area (Å²) in [6.45, 7) is 13.6. The van der Waals surface area contributed by atoms with Gasteiger partial charge in [-0.05, 0) is 126 Å². The summed E-state index contributed by atoms with van der Waals surface area (Å²) < 4.78 is 29.6. The number of Topliss-reactive ketones (excluding diaryl/α,β-unsaturated/α-hetero) is 2. The summed E-state index contributed by atoms with van der Waals surface area (Å²) in [5.74, 6) is -6.09. The van der Waals surface area contributed by atoms with E-state index in [1.165, 1.54) is 12.0 Å². The highest BCUT2D eigenvalue weighted by molar-refractivity contribution is 6.39. The van der Waals surface area contributed by atoms with Crippen LogP contribution in [0.4, 0.5) is 0 Å². The second-order valence-corrected chi connectivity index (χ2v) is 19.7. The molecule has 1 amide bonds. The minimum absolute atomic E-state index is 0.0678. The molecular weight excluding hydrogens is 819 g/mol. The molecule has 0 aromatic heterocycles. The fourth-order valence-electron chi connectivity index (χ4n) is 10.3. The van der Waals surface area contributed by atoms with Crippen LogP contribution in [0.1, 0.15) is 132 Å². The van der Waals surface area contributed by atoms with E-state index in [4.69, 9.17) is 23.7 Å². The van der Waals surface area contributed by atoms with Gasteiger partial charge in [-0.3, -0.25) is 14.4 Å². The van der Waals surface area contributed by atoms with Gasteiger partial charge >= 0.3 is 5.97 Å². The normalized spacial score (nSPS) is 40.8. The van der Waals surface area contributed by atoms with Crippen molar-refractivity contribution in [1.29, 1.82) is 0 Å². The number of methoxy groups -OCH3 is 3. The number of piperidine rings is 1. The largest absolute Gasteiger partial charge is 0.461 e. The van der Waals surface area contributed by atoms with Crippen LogP contribution in [0.25, 0.3) is 0 Å². The lowest BCUT2D eigenvalue weighted by molar-refractivity contribution is -0.265. The molecule has 0 aromatic carbocycles. The molecule has 4 aliphatic rings. The number of hydrogen-bond donors (Lipinski definition) is 3. The van der Waals surface area contributed by atoms with Crippen molar-refractivity contribution in [2.75, 3.05) is 27.9 Å². The molecule has 2 bridgehead atoms. The summed E-state index contributed by atoms with van der Waals surface area (Å²) in [7, 11) is 4.65. The van der Waals surface area contributed by atoms with E-state index in [1.54, 1.807) is 28.1 Å². The van der Waals surface area contributed by atoms with Gasteiger partial charge in [0.15, 0.2) is 5.78 Å². The number of hydrogen-bond acceptors (Lipinski definition) is 12. The lowest BCUT2D eigenvalue weighted by Crippen LogP contribution is -2.61. The van der Waals surface area contributed by atoms with Crippen molar-refractivity contribution >= 4 is 23.4 Å². The monoisotopic (exact) mass is 900 g/mol. The molecule has 64 heavy (non-hydrogen) atoms. The Morgan fingerprint density at radius 2 is 1.55 bits per heavy atom. The summed E-state index contributed by atoms with van der Waals surface area (Å²) in [5, 5.41) is 33.9. The number of carbonyl (C=O) groups is 4. The summed E-state index contributed by atoms with van der Waals surface area (Å²) in [6, 6.07) is -1.02. The van der Waals surface area contributed by atoms with Crippen molar-refractivity contribution in [2.45, 2.75) is 186 Å². The summed E-state index contributed by atoms with van der Waals surface area (Å²) in [6.07, 6.45) is 14.5. The molecule has 1 aliphatic carbocycles. The molecule has 4 rings (SSSR count). The lowest BCUT2D eigenvalue weighted by Gasteiger charge is -2.42. The van der Waals surface area contributed by atoms with Crippen LogP contribution in [0.2, 0.25) is 0 Å². The highest BCUT2D eigenvalue weighted by atomic mass is 16.6. The van der Waals surface area contributed by atoms with Gasteiger partial charge < -0.3 is 43.9 Å². The van der Waals surface area contributed by atoms with Gasteiger partial charge in [0, 0.05) is 46.1 Å². The molecule has 0 unspecified atom stereocenters. The van der Waals surface area contributed by atoms with E-state index < -0.39 is 72.0 Å². The number of amides is 1. The Hall–Kier alpha value is -3.04. The molecular formula is C51H81NO12. The average Bonchev–Trinajstić information content (AvgIpc) is 3.27. The number of fused-ring (bicyclic) bond motifs is 3. The second-order valence-electron chi connectivity index (χ2n) is 19.7. The highest BCUT2D eigenvalue weighted by Crippen LogP contribution is 2.38. The standard InChI is InChI=1S/C51H81NO12/c1-31-16-12-11-13-17-33(3)43(60-8)30-39-22-20-37(7)51(59,64-39)48(56)49(57)52-25-15-14-18-40(52)50(58)63-42(34(4)28-38-21-23-41(53)44(29-38)61-9)24-19-32(2)27-36(6)46(55)47(62-10)45(54)35(5)26-31/h11-13,16-17,27,31-32,34-35,37-44,46-47,53,55,59H,14-15,18-26,28-30H2,1-10H3/b13-11+,16-12+,33-17+,36-27+/t31-,32+,34-,35-,37-,38-,39+,40+,41-,42+,43+,44-,46-,47+,51-/m1/s1. The number of carbonyl (C=O) groups excluding carboxylic acids is 4. The fourth-order valence-corrected chi connectivity index (χ4v) is 10.3. The third kappa shape index (κ3) is 14.2. The first-order valence-electron chi connectivity index (χ1n) is 24.0. The SMILES string of the molecule is CO[C@H]1C[C@@H]2CC[C@@H](C)[C@@](O)(O2)C(=O)C(=O)N2CCCC[C@H]2C(=O)O[C@H]([C@H](C)C[C@H]2CC[C@@H](O)[C@H](OC)C2)CC[C@H](C)/C=C(\C)[C@@H](O)[C@@H](OC)C(=O)[C@H](C)C[C@H](C)/C=C/C=C/C=C/1C. The topological polar surface area (TPSA) is 178 Å². The van der Waals surface area contributed by atoms with Gasteiger partial charge in [0.2, 0.25) is 5.79 Å². The summed E-state index contributed by atoms with van der Waals surface area (Å²) in [4.78, 5) is 57.8. The van der Waals surface area contributed by atoms with Gasteiger partial charge in [-0.25, -0.2) is 4.79 Å².